The molecule has 5 heteroatoms. The summed E-state index contributed by atoms with van der Waals surface area (Å²) in [5, 5.41) is 10.7. The van der Waals surface area contributed by atoms with E-state index in [0.717, 1.165) is 5.69 Å². The smallest absolute Gasteiger partial charge is 0.273 e. The van der Waals surface area contributed by atoms with Crippen LogP contribution in [-0.4, -0.2) is 18.0 Å². The summed E-state index contributed by atoms with van der Waals surface area (Å²) in [7, 11) is 1.95. The maximum absolute atomic E-state index is 10.7. The van der Waals surface area contributed by atoms with Crippen LogP contribution < -0.4 is 4.90 Å². The molecular weight excluding hydrogens is 228 g/mol. The van der Waals surface area contributed by atoms with Gasteiger partial charge in [0.1, 0.15) is 0 Å². The third-order valence-corrected chi connectivity index (χ3v) is 2.87. The van der Waals surface area contributed by atoms with Crippen molar-refractivity contribution < 1.29 is 4.92 Å². The second-order valence-corrected chi connectivity index (χ2v) is 4.18. The standard InChI is InChI=1S/C11H15ClN2O2/c1-8(2)13(3)10-4-5-11(14(15)16)9(6-10)7-12/h4-6,8H,7H2,1-3H3. The van der Waals surface area contributed by atoms with Crippen LogP contribution in [-0.2, 0) is 5.88 Å². The van der Waals surface area contributed by atoms with Gasteiger partial charge in [0.2, 0.25) is 0 Å². The monoisotopic (exact) mass is 242 g/mol. The molecule has 0 N–H and O–H groups in total. The lowest BCUT2D eigenvalue weighted by atomic mass is 10.1. The van der Waals surface area contributed by atoms with E-state index in [-0.39, 0.29) is 11.6 Å². The fraction of sp³-hybridized carbons (Fsp3) is 0.455. The highest BCUT2D eigenvalue weighted by atomic mass is 35.5. The number of anilines is 1. The lowest BCUT2D eigenvalue weighted by molar-refractivity contribution is -0.385. The predicted molar refractivity (Wildman–Crippen MR) is 66.2 cm³/mol. The molecule has 1 aromatic rings. The van der Waals surface area contributed by atoms with Crippen LogP contribution in [0.5, 0.6) is 0 Å². The van der Waals surface area contributed by atoms with Crippen LogP contribution in [0.4, 0.5) is 11.4 Å². The molecule has 0 aliphatic carbocycles. The minimum absolute atomic E-state index is 0.0795. The van der Waals surface area contributed by atoms with Crippen LogP contribution in [0.15, 0.2) is 18.2 Å². The molecule has 0 aliphatic rings. The van der Waals surface area contributed by atoms with E-state index in [4.69, 9.17) is 11.6 Å². The number of alkyl halides is 1. The molecule has 1 aromatic carbocycles. The zero-order valence-electron chi connectivity index (χ0n) is 9.61. The Bertz CT molecular complexity index is 394. The van der Waals surface area contributed by atoms with Gasteiger partial charge in [0.15, 0.2) is 0 Å². The summed E-state index contributed by atoms with van der Waals surface area (Å²) in [5.74, 6) is 0.149. The molecule has 0 fully saturated rings. The predicted octanol–water partition coefficient (Wildman–Crippen LogP) is 3.18. The number of nitro groups is 1. The molecule has 88 valence electrons. The number of nitrogens with zero attached hydrogens (tertiary/aromatic N) is 2. The van der Waals surface area contributed by atoms with E-state index in [0.29, 0.717) is 11.6 Å². The van der Waals surface area contributed by atoms with Crippen molar-refractivity contribution in [3.05, 3.63) is 33.9 Å². The number of benzene rings is 1. The Balaban J connectivity index is 3.13. The molecule has 0 spiro atoms. The maximum Gasteiger partial charge on any atom is 0.273 e. The number of rotatable bonds is 4. The summed E-state index contributed by atoms with van der Waals surface area (Å²) in [5.41, 5.74) is 1.57. The molecule has 1 rings (SSSR count). The van der Waals surface area contributed by atoms with Gasteiger partial charge in [0, 0.05) is 30.4 Å². The number of nitro benzene ring substituents is 1. The first-order chi connectivity index (χ1) is 7.47. The highest BCUT2D eigenvalue weighted by Crippen LogP contribution is 2.26. The van der Waals surface area contributed by atoms with Gasteiger partial charge in [-0.15, -0.1) is 11.6 Å². The van der Waals surface area contributed by atoms with Crippen LogP contribution >= 0.6 is 11.6 Å². The third-order valence-electron chi connectivity index (χ3n) is 2.59. The second kappa shape index (κ2) is 5.16. The molecule has 0 radical (unpaired) electrons. The third kappa shape index (κ3) is 2.64. The van der Waals surface area contributed by atoms with Gasteiger partial charge in [-0.05, 0) is 26.0 Å². The molecule has 0 bridgehead atoms. The van der Waals surface area contributed by atoms with E-state index in [9.17, 15) is 10.1 Å². The normalized spacial score (nSPS) is 10.6. The lowest BCUT2D eigenvalue weighted by Gasteiger charge is -2.24. The van der Waals surface area contributed by atoms with E-state index >= 15 is 0 Å². The summed E-state index contributed by atoms with van der Waals surface area (Å²) in [6.45, 7) is 4.11. The van der Waals surface area contributed by atoms with Crippen molar-refractivity contribution in [2.45, 2.75) is 25.8 Å². The molecule has 16 heavy (non-hydrogen) atoms. The number of halogens is 1. The van der Waals surface area contributed by atoms with Crippen molar-refractivity contribution in [1.29, 1.82) is 0 Å². The highest BCUT2D eigenvalue weighted by molar-refractivity contribution is 6.17. The first kappa shape index (κ1) is 12.8. The molecule has 0 aliphatic heterocycles. The van der Waals surface area contributed by atoms with Crippen molar-refractivity contribution in [2.75, 3.05) is 11.9 Å². The average Bonchev–Trinajstić information content (AvgIpc) is 2.26. The fourth-order valence-electron chi connectivity index (χ4n) is 1.37. The molecule has 4 nitrogen and oxygen atoms in total. The molecular formula is C11H15ClN2O2. The maximum atomic E-state index is 10.7. The van der Waals surface area contributed by atoms with Crippen molar-refractivity contribution >= 4 is 23.0 Å². The van der Waals surface area contributed by atoms with E-state index in [1.807, 2.05) is 11.9 Å². The van der Waals surface area contributed by atoms with Gasteiger partial charge in [-0.2, -0.15) is 0 Å². The Labute approximate surface area is 100.0 Å². The van der Waals surface area contributed by atoms with Crippen molar-refractivity contribution in [3.63, 3.8) is 0 Å². The van der Waals surface area contributed by atoms with Crippen molar-refractivity contribution in [3.8, 4) is 0 Å². The van der Waals surface area contributed by atoms with Gasteiger partial charge in [0.05, 0.1) is 10.8 Å². The summed E-state index contributed by atoms with van der Waals surface area (Å²) >= 11 is 5.71. The topological polar surface area (TPSA) is 46.4 Å². The zero-order chi connectivity index (χ0) is 12.3. The quantitative estimate of drug-likeness (QED) is 0.463. The fourth-order valence-corrected chi connectivity index (χ4v) is 1.59. The summed E-state index contributed by atoms with van der Waals surface area (Å²) in [6.07, 6.45) is 0. The number of hydrogen-bond donors (Lipinski definition) is 0. The van der Waals surface area contributed by atoms with E-state index in [1.54, 1.807) is 12.1 Å². The summed E-state index contributed by atoms with van der Waals surface area (Å²) in [4.78, 5) is 12.4. The van der Waals surface area contributed by atoms with Crippen LogP contribution in [0, 0.1) is 10.1 Å². The minimum atomic E-state index is -0.406. The second-order valence-electron chi connectivity index (χ2n) is 3.91. The van der Waals surface area contributed by atoms with Gasteiger partial charge >= 0.3 is 0 Å². The van der Waals surface area contributed by atoms with Gasteiger partial charge in [-0.3, -0.25) is 10.1 Å². The SMILES string of the molecule is CC(C)N(C)c1ccc([N+](=O)[O-])c(CCl)c1. The van der Waals surface area contributed by atoms with E-state index in [2.05, 4.69) is 13.8 Å². The Morgan fingerprint density at radius 1 is 1.50 bits per heavy atom. The van der Waals surface area contributed by atoms with Gasteiger partial charge in [-0.1, -0.05) is 0 Å². The Hall–Kier alpha value is -1.29. The van der Waals surface area contributed by atoms with E-state index in [1.165, 1.54) is 6.07 Å². The Morgan fingerprint density at radius 3 is 2.56 bits per heavy atom. The molecule has 0 unspecified atom stereocenters. The minimum Gasteiger partial charge on any atom is -0.372 e. The Kier molecular flexibility index (Phi) is 4.12. The summed E-state index contributed by atoms with van der Waals surface area (Å²) in [6, 6.07) is 5.36. The first-order valence-corrected chi connectivity index (χ1v) is 5.57. The van der Waals surface area contributed by atoms with Crippen LogP contribution in [0.1, 0.15) is 19.4 Å². The van der Waals surface area contributed by atoms with E-state index < -0.39 is 4.92 Å². The van der Waals surface area contributed by atoms with Gasteiger partial charge in [0.25, 0.3) is 5.69 Å². The van der Waals surface area contributed by atoms with Crippen LogP contribution in [0.2, 0.25) is 0 Å². The summed E-state index contributed by atoms with van der Waals surface area (Å²) < 4.78 is 0. The Morgan fingerprint density at radius 2 is 2.12 bits per heavy atom. The van der Waals surface area contributed by atoms with Crippen LogP contribution in [0.25, 0.3) is 0 Å². The van der Waals surface area contributed by atoms with Crippen molar-refractivity contribution in [2.24, 2.45) is 0 Å². The first-order valence-electron chi connectivity index (χ1n) is 5.03. The molecule has 0 aromatic heterocycles. The number of hydrogen-bond acceptors (Lipinski definition) is 3. The molecule has 0 amide bonds. The van der Waals surface area contributed by atoms with Crippen LogP contribution in [0.3, 0.4) is 0 Å². The average molecular weight is 243 g/mol. The molecule has 0 saturated carbocycles. The molecule has 0 saturated heterocycles. The van der Waals surface area contributed by atoms with Gasteiger partial charge < -0.3 is 4.90 Å². The zero-order valence-corrected chi connectivity index (χ0v) is 10.4. The highest BCUT2D eigenvalue weighted by Gasteiger charge is 2.15. The lowest BCUT2D eigenvalue weighted by Crippen LogP contribution is -2.25. The molecule has 0 heterocycles. The molecule has 0 atom stereocenters. The largest absolute Gasteiger partial charge is 0.372 e. The van der Waals surface area contributed by atoms with Gasteiger partial charge in [-0.25, -0.2) is 0 Å². The van der Waals surface area contributed by atoms with Crippen molar-refractivity contribution in [1.82, 2.24) is 0 Å².